The number of rotatable bonds is 7. The van der Waals surface area contributed by atoms with Gasteiger partial charge in [0, 0.05) is 18.4 Å². The summed E-state index contributed by atoms with van der Waals surface area (Å²) in [5.74, 6) is 0.927. The van der Waals surface area contributed by atoms with Gasteiger partial charge in [0.25, 0.3) is 0 Å². The number of hydrogen-bond donors (Lipinski definition) is 1. The van der Waals surface area contributed by atoms with Crippen LogP contribution in [0.3, 0.4) is 0 Å². The third-order valence-corrected chi connectivity index (χ3v) is 3.34. The monoisotopic (exact) mass is 284 g/mol. The van der Waals surface area contributed by atoms with Crippen molar-refractivity contribution < 1.29 is 4.74 Å². The second-order valence-corrected chi connectivity index (χ2v) is 5.52. The van der Waals surface area contributed by atoms with Gasteiger partial charge in [0.15, 0.2) is 0 Å². The van der Waals surface area contributed by atoms with Gasteiger partial charge in [0.05, 0.1) is 6.10 Å². The summed E-state index contributed by atoms with van der Waals surface area (Å²) in [7, 11) is 0. The van der Waals surface area contributed by atoms with Crippen LogP contribution >= 0.6 is 0 Å². The van der Waals surface area contributed by atoms with Crippen LogP contribution in [0.2, 0.25) is 0 Å². The summed E-state index contributed by atoms with van der Waals surface area (Å²) in [6.45, 7) is 7.20. The predicted octanol–water partition coefficient (Wildman–Crippen LogP) is 3.76. The van der Waals surface area contributed by atoms with Crippen molar-refractivity contribution in [3.63, 3.8) is 0 Å². The highest BCUT2D eigenvalue weighted by atomic mass is 16.5. The SMILES string of the molecule is CC(C)Oc1ccc(C(C)NCCc2cccnc2)cc1. The molecule has 2 aromatic rings. The minimum Gasteiger partial charge on any atom is -0.491 e. The Bertz CT molecular complexity index is 523. The Kier molecular flexibility index (Phi) is 5.76. The zero-order valence-electron chi connectivity index (χ0n) is 13.0. The molecule has 21 heavy (non-hydrogen) atoms. The summed E-state index contributed by atoms with van der Waals surface area (Å²) in [6.07, 6.45) is 4.93. The lowest BCUT2D eigenvalue weighted by atomic mass is 10.1. The standard InChI is InChI=1S/C18H24N2O/c1-14(2)21-18-8-6-17(7-9-18)15(3)20-12-10-16-5-4-11-19-13-16/h4-9,11,13-15,20H,10,12H2,1-3H3. The van der Waals surface area contributed by atoms with E-state index >= 15 is 0 Å². The van der Waals surface area contributed by atoms with E-state index < -0.39 is 0 Å². The van der Waals surface area contributed by atoms with Crippen molar-refractivity contribution in [3.8, 4) is 5.75 Å². The molecule has 1 N–H and O–H groups in total. The Hall–Kier alpha value is -1.87. The molecule has 3 nitrogen and oxygen atoms in total. The highest BCUT2D eigenvalue weighted by molar-refractivity contribution is 5.29. The molecule has 0 fully saturated rings. The first-order valence-electron chi connectivity index (χ1n) is 7.54. The zero-order valence-corrected chi connectivity index (χ0v) is 13.0. The maximum absolute atomic E-state index is 5.66. The second kappa shape index (κ2) is 7.79. The quantitative estimate of drug-likeness (QED) is 0.840. The topological polar surface area (TPSA) is 34.1 Å². The van der Waals surface area contributed by atoms with Crippen molar-refractivity contribution >= 4 is 0 Å². The summed E-state index contributed by atoms with van der Waals surface area (Å²) in [6, 6.07) is 12.7. The van der Waals surface area contributed by atoms with Gasteiger partial charge in [-0.15, -0.1) is 0 Å². The van der Waals surface area contributed by atoms with Gasteiger partial charge in [0.1, 0.15) is 5.75 Å². The van der Waals surface area contributed by atoms with Crippen LogP contribution in [-0.4, -0.2) is 17.6 Å². The highest BCUT2D eigenvalue weighted by Crippen LogP contribution is 2.18. The maximum Gasteiger partial charge on any atom is 0.119 e. The minimum absolute atomic E-state index is 0.214. The molecule has 0 spiro atoms. The summed E-state index contributed by atoms with van der Waals surface area (Å²) >= 11 is 0. The fraction of sp³-hybridized carbons (Fsp3) is 0.389. The van der Waals surface area contributed by atoms with Crippen LogP contribution in [0.5, 0.6) is 5.75 Å². The Morgan fingerprint density at radius 1 is 1.10 bits per heavy atom. The number of ether oxygens (including phenoxy) is 1. The first-order chi connectivity index (χ1) is 10.1. The van der Waals surface area contributed by atoms with E-state index in [1.807, 2.05) is 38.2 Å². The molecule has 0 bridgehead atoms. The van der Waals surface area contributed by atoms with E-state index in [1.54, 1.807) is 6.20 Å². The smallest absolute Gasteiger partial charge is 0.119 e. The third-order valence-electron chi connectivity index (χ3n) is 3.34. The van der Waals surface area contributed by atoms with Crippen molar-refractivity contribution in [2.24, 2.45) is 0 Å². The normalized spacial score (nSPS) is 12.4. The number of nitrogens with zero attached hydrogens (tertiary/aromatic N) is 1. The minimum atomic E-state index is 0.214. The van der Waals surface area contributed by atoms with Crippen LogP contribution in [-0.2, 0) is 6.42 Å². The van der Waals surface area contributed by atoms with Crippen LogP contribution in [0.25, 0.3) is 0 Å². The number of hydrogen-bond acceptors (Lipinski definition) is 3. The van der Waals surface area contributed by atoms with E-state index in [0.717, 1.165) is 18.7 Å². The van der Waals surface area contributed by atoms with Gasteiger partial charge in [-0.3, -0.25) is 4.98 Å². The molecule has 0 saturated carbocycles. The molecule has 1 heterocycles. The van der Waals surface area contributed by atoms with Crippen LogP contribution in [0.1, 0.15) is 37.9 Å². The molecule has 0 aliphatic rings. The molecule has 1 unspecified atom stereocenters. The fourth-order valence-electron chi connectivity index (χ4n) is 2.20. The van der Waals surface area contributed by atoms with E-state index in [-0.39, 0.29) is 6.10 Å². The largest absolute Gasteiger partial charge is 0.491 e. The van der Waals surface area contributed by atoms with Crippen molar-refractivity contribution in [2.45, 2.75) is 39.3 Å². The van der Waals surface area contributed by atoms with Crippen LogP contribution in [0.15, 0.2) is 48.8 Å². The van der Waals surface area contributed by atoms with Gasteiger partial charge in [-0.2, -0.15) is 0 Å². The summed E-state index contributed by atoms with van der Waals surface area (Å²) < 4.78 is 5.66. The van der Waals surface area contributed by atoms with Crippen molar-refractivity contribution in [1.29, 1.82) is 0 Å². The van der Waals surface area contributed by atoms with Crippen molar-refractivity contribution in [1.82, 2.24) is 10.3 Å². The number of pyridine rings is 1. The van der Waals surface area contributed by atoms with E-state index in [9.17, 15) is 0 Å². The lowest BCUT2D eigenvalue weighted by Gasteiger charge is -2.15. The Labute approximate surface area is 127 Å². The van der Waals surface area contributed by atoms with Gasteiger partial charge < -0.3 is 10.1 Å². The molecule has 3 heteroatoms. The second-order valence-electron chi connectivity index (χ2n) is 5.52. The van der Waals surface area contributed by atoms with Gasteiger partial charge in [0.2, 0.25) is 0 Å². The van der Waals surface area contributed by atoms with E-state index in [1.165, 1.54) is 11.1 Å². The molecule has 0 aliphatic heterocycles. The zero-order chi connectivity index (χ0) is 15.1. The lowest BCUT2D eigenvalue weighted by molar-refractivity contribution is 0.242. The van der Waals surface area contributed by atoms with Crippen LogP contribution in [0, 0.1) is 0 Å². The predicted molar refractivity (Wildman–Crippen MR) is 86.6 cm³/mol. The van der Waals surface area contributed by atoms with E-state index in [0.29, 0.717) is 6.04 Å². The molecular weight excluding hydrogens is 260 g/mol. The number of aromatic nitrogens is 1. The number of benzene rings is 1. The van der Waals surface area contributed by atoms with Gasteiger partial charge in [-0.25, -0.2) is 0 Å². The third kappa shape index (κ3) is 5.20. The molecule has 112 valence electrons. The summed E-state index contributed by atoms with van der Waals surface area (Å²) in [5, 5.41) is 3.54. The van der Waals surface area contributed by atoms with Crippen molar-refractivity contribution in [2.75, 3.05) is 6.54 Å². The Morgan fingerprint density at radius 2 is 1.86 bits per heavy atom. The molecule has 0 aliphatic carbocycles. The van der Waals surface area contributed by atoms with Crippen LogP contribution < -0.4 is 10.1 Å². The van der Waals surface area contributed by atoms with Crippen molar-refractivity contribution in [3.05, 3.63) is 59.9 Å². The van der Waals surface area contributed by atoms with Gasteiger partial charge in [-0.05, 0) is 63.1 Å². The van der Waals surface area contributed by atoms with Gasteiger partial charge in [-0.1, -0.05) is 18.2 Å². The Balaban J connectivity index is 1.81. The molecule has 1 aromatic heterocycles. The van der Waals surface area contributed by atoms with Crippen LogP contribution in [0.4, 0.5) is 0 Å². The molecule has 0 saturated heterocycles. The van der Waals surface area contributed by atoms with E-state index in [2.05, 4.69) is 35.4 Å². The lowest BCUT2D eigenvalue weighted by Crippen LogP contribution is -2.21. The fourth-order valence-corrected chi connectivity index (χ4v) is 2.20. The Morgan fingerprint density at radius 3 is 2.48 bits per heavy atom. The molecule has 0 radical (unpaired) electrons. The molecule has 0 amide bonds. The maximum atomic E-state index is 5.66. The summed E-state index contributed by atoms with van der Waals surface area (Å²) in [5.41, 5.74) is 2.54. The number of nitrogens with one attached hydrogen (secondary N) is 1. The first-order valence-corrected chi connectivity index (χ1v) is 7.54. The first kappa shape index (κ1) is 15.5. The molecule has 1 aromatic carbocycles. The van der Waals surface area contributed by atoms with E-state index in [4.69, 9.17) is 4.74 Å². The average Bonchev–Trinajstić information content (AvgIpc) is 2.48. The summed E-state index contributed by atoms with van der Waals surface area (Å²) in [4.78, 5) is 4.13. The average molecular weight is 284 g/mol. The molecular formula is C18H24N2O. The molecule has 1 atom stereocenters. The molecule has 2 rings (SSSR count). The highest BCUT2D eigenvalue weighted by Gasteiger charge is 2.05. The van der Waals surface area contributed by atoms with Gasteiger partial charge >= 0.3 is 0 Å².